The van der Waals surface area contributed by atoms with Crippen LogP contribution in [0.3, 0.4) is 0 Å². The van der Waals surface area contributed by atoms with Gasteiger partial charge < -0.3 is 14.4 Å². The predicted molar refractivity (Wildman–Crippen MR) is 73.1 cm³/mol. The number of anilines is 1. The molecule has 0 saturated carbocycles. The number of aryl methyl sites for hydroxylation is 1. The Bertz CT molecular complexity index is 794. The molecular weight excluding hydrogens is 275 g/mol. The second-order valence-electron chi connectivity index (χ2n) is 4.43. The molecule has 0 aliphatic heterocycles. The SMILES string of the molecule is Cn1cncc1C(=O)Nc1cc(-c2cccc(F)c2)on1. The largest absolute Gasteiger partial charge is 0.354 e. The van der Waals surface area contributed by atoms with E-state index < -0.39 is 0 Å². The van der Waals surface area contributed by atoms with E-state index in [1.54, 1.807) is 23.7 Å². The predicted octanol–water partition coefficient (Wildman–Crippen LogP) is 2.47. The number of aromatic nitrogens is 3. The summed E-state index contributed by atoms with van der Waals surface area (Å²) < 4.78 is 19.8. The lowest BCUT2D eigenvalue weighted by Crippen LogP contribution is -2.15. The molecule has 6 nitrogen and oxygen atoms in total. The second-order valence-corrected chi connectivity index (χ2v) is 4.43. The highest BCUT2D eigenvalue weighted by atomic mass is 19.1. The summed E-state index contributed by atoms with van der Waals surface area (Å²) in [6.45, 7) is 0. The zero-order chi connectivity index (χ0) is 14.8. The van der Waals surface area contributed by atoms with Crippen molar-refractivity contribution < 1.29 is 13.7 Å². The van der Waals surface area contributed by atoms with Crippen LogP contribution in [0.4, 0.5) is 10.2 Å². The molecule has 1 amide bonds. The fourth-order valence-corrected chi connectivity index (χ4v) is 1.87. The van der Waals surface area contributed by atoms with Crippen molar-refractivity contribution in [1.82, 2.24) is 14.7 Å². The minimum atomic E-state index is -0.371. The third-order valence-corrected chi connectivity index (χ3v) is 2.91. The van der Waals surface area contributed by atoms with E-state index in [0.29, 0.717) is 17.0 Å². The molecule has 1 aromatic carbocycles. The molecule has 3 aromatic rings. The highest BCUT2D eigenvalue weighted by Crippen LogP contribution is 2.23. The van der Waals surface area contributed by atoms with E-state index in [0.717, 1.165) is 0 Å². The van der Waals surface area contributed by atoms with E-state index in [2.05, 4.69) is 15.5 Å². The average molecular weight is 286 g/mol. The van der Waals surface area contributed by atoms with Crippen molar-refractivity contribution in [3.63, 3.8) is 0 Å². The van der Waals surface area contributed by atoms with Gasteiger partial charge in [-0.3, -0.25) is 4.79 Å². The fourth-order valence-electron chi connectivity index (χ4n) is 1.87. The summed E-state index contributed by atoms with van der Waals surface area (Å²) in [4.78, 5) is 15.8. The van der Waals surface area contributed by atoms with Crippen molar-refractivity contribution in [2.45, 2.75) is 0 Å². The van der Waals surface area contributed by atoms with Gasteiger partial charge in [0.1, 0.15) is 11.5 Å². The van der Waals surface area contributed by atoms with Gasteiger partial charge in [0.2, 0.25) is 0 Å². The molecule has 1 N–H and O–H groups in total. The Morgan fingerprint density at radius 2 is 2.24 bits per heavy atom. The average Bonchev–Trinajstić information content (AvgIpc) is 3.08. The first-order valence-electron chi connectivity index (χ1n) is 6.14. The van der Waals surface area contributed by atoms with Gasteiger partial charge in [-0.1, -0.05) is 17.3 Å². The molecule has 0 atom stereocenters. The lowest BCUT2D eigenvalue weighted by atomic mass is 10.2. The third kappa shape index (κ3) is 2.66. The molecule has 21 heavy (non-hydrogen) atoms. The number of hydrogen-bond acceptors (Lipinski definition) is 4. The highest BCUT2D eigenvalue weighted by Gasteiger charge is 2.13. The lowest BCUT2D eigenvalue weighted by Gasteiger charge is -2.00. The first kappa shape index (κ1) is 13.0. The van der Waals surface area contributed by atoms with Crippen LogP contribution in [0.2, 0.25) is 0 Å². The van der Waals surface area contributed by atoms with Crippen molar-refractivity contribution >= 4 is 11.7 Å². The monoisotopic (exact) mass is 286 g/mol. The Kier molecular flexibility index (Phi) is 3.23. The number of carbonyl (C=O) groups excluding carboxylic acids is 1. The zero-order valence-electron chi connectivity index (χ0n) is 11.1. The van der Waals surface area contributed by atoms with E-state index in [4.69, 9.17) is 4.52 Å². The Hall–Kier alpha value is -2.96. The molecule has 0 aliphatic rings. The summed E-state index contributed by atoms with van der Waals surface area (Å²) in [5.41, 5.74) is 0.939. The molecule has 2 aromatic heterocycles. The summed E-state index contributed by atoms with van der Waals surface area (Å²) in [6, 6.07) is 7.46. The van der Waals surface area contributed by atoms with Crippen molar-refractivity contribution in [2.24, 2.45) is 7.05 Å². The summed E-state index contributed by atoms with van der Waals surface area (Å²) >= 11 is 0. The Morgan fingerprint density at radius 3 is 2.95 bits per heavy atom. The first-order chi connectivity index (χ1) is 10.1. The van der Waals surface area contributed by atoms with Crippen LogP contribution in [0.15, 0.2) is 47.4 Å². The second kappa shape index (κ2) is 5.20. The van der Waals surface area contributed by atoms with E-state index in [1.165, 1.54) is 30.7 Å². The van der Waals surface area contributed by atoms with Crippen LogP contribution in [-0.4, -0.2) is 20.6 Å². The maximum absolute atomic E-state index is 13.2. The minimum Gasteiger partial charge on any atom is -0.354 e. The Balaban J connectivity index is 1.80. The van der Waals surface area contributed by atoms with Crippen LogP contribution >= 0.6 is 0 Å². The maximum Gasteiger partial charge on any atom is 0.275 e. The van der Waals surface area contributed by atoms with Gasteiger partial charge in [-0.2, -0.15) is 0 Å². The highest BCUT2D eigenvalue weighted by molar-refractivity contribution is 6.02. The van der Waals surface area contributed by atoms with Gasteiger partial charge in [-0.25, -0.2) is 9.37 Å². The number of carbonyl (C=O) groups is 1. The number of imidazole rings is 1. The van der Waals surface area contributed by atoms with Gasteiger partial charge in [0.05, 0.1) is 12.5 Å². The van der Waals surface area contributed by atoms with E-state index in [1.807, 2.05) is 0 Å². The summed E-state index contributed by atoms with van der Waals surface area (Å²) in [5.74, 6) is -0.103. The summed E-state index contributed by atoms with van der Waals surface area (Å²) in [6.07, 6.45) is 2.97. The van der Waals surface area contributed by atoms with E-state index in [9.17, 15) is 9.18 Å². The van der Waals surface area contributed by atoms with Crippen LogP contribution in [-0.2, 0) is 7.05 Å². The van der Waals surface area contributed by atoms with E-state index in [-0.39, 0.29) is 17.5 Å². The number of benzene rings is 1. The van der Waals surface area contributed by atoms with Crippen molar-refractivity contribution in [3.05, 3.63) is 54.4 Å². The van der Waals surface area contributed by atoms with Crippen molar-refractivity contribution in [2.75, 3.05) is 5.32 Å². The topological polar surface area (TPSA) is 73.0 Å². The lowest BCUT2D eigenvalue weighted by molar-refractivity contribution is 0.101. The molecule has 0 bridgehead atoms. The smallest absolute Gasteiger partial charge is 0.275 e. The van der Waals surface area contributed by atoms with Crippen LogP contribution in [0, 0.1) is 5.82 Å². The number of amides is 1. The number of hydrogen-bond donors (Lipinski definition) is 1. The number of nitrogens with one attached hydrogen (secondary N) is 1. The van der Waals surface area contributed by atoms with Crippen LogP contribution in [0.5, 0.6) is 0 Å². The Morgan fingerprint density at radius 1 is 1.38 bits per heavy atom. The quantitative estimate of drug-likeness (QED) is 0.802. The Labute approximate surface area is 119 Å². The summed E-state index contributed by atoms with van der Waals surface area (Å²) in [5, 5.41) is 6.33. The first-order valence-corrected chi connectivity index (χ1v) is 6.14. The van der Waals surface area contributed by atoms with Gasteiger partial charge in [0, 0.05) is 18.7 Å². The van der Waals surface area contributed by atoms with Gasteiger partial charge in [0.15, 0.2) is 11.6 Å². The van der Waals surface area contributed by atoms with Gasteiger partial charge in [0.25, 0.3) is 5.91 Å². The molecule has 0 aliphatic carbocycles. The van der Waals surface area contributed by atoms with Crippen LogP contribution < -0.4 is 5.32 Å². The van der Waals surface area contributed by atoms with Crippen molar-refractivity contribution in [3.8, 4) is 11.3 Å². The van der Waals surface area contributed by atoms with Crippen LogP contribution in [0.1, 0.15) is 10.5 Å². The third-order valence-electron chi connectivity index (χ3n) is 2.91. The van der Waals surface area contributed by atoms with Crippen LogP contribution in [0.25, 0.3) is 11.3 Å². The van der Waals surface area contributed by atoms with Crippen molar-refractivity contribution in [1.29, 1.82) is 0 Å². The van der Waals surface area contributed by atoms with Gasteiger partial charge in [-0.15, -0.1) is 0 Å². The standard InChI is InChI=1S/C14H11FN4O2/c1-19-8-16-7-11(19)14(20)17-13-6-12(21-18-13)9-3-2-4-10(15)5-9/h2-8H,1H3,(H,17,18,20). The fraction of sp³-hybridized carbons (Fsp3) is 0.0714. The minimum absolute atomic E-state index is 0.250. The number of halogens is 1. The molecular formula is C14H11FN4O2. The molecule has 2 heterocycles. The summed E-state index contributed by atoms with van der Waals surface area (Å²) in [7, 11) is 1.71. The number of nitrogens with zero attached hydrogens (tertiary/aromatic N) is 3. The molecule has 0 fully saturated rings. The molecule has 3 rings (SSSR count). The number of rotatable bonds is 3. The molecule has 7 heteroatoms. The van der Waals surface area contributed by atoms with E-state index >= 15 is 0 Å². The molecule has 0 saturated heterocycles. The van der Waals surface area contributed by atoms with Gasteiger partial charge >= 0.3 is 0 Å². The molecule has 106 valence electrons. The zero-order valence-corrected chi connectivity index (χ0v) is 11.1. The normalized spacial score (nSPS) is 10.6. The maximum atomic E-state index is 13.2. The molecule has 0 spiro atoms. The molecule has 0 unspecified atom stereocenters. The van der Waals surface area contributed by atoms with Gasteiger partial charge in [-0.05, 0) is 12.1 Å². The molecule has 0 radical (unpaired) electrons.